The number of hydrogen-bond donors (Lipinski definition) is 2. The zero-order valence-corrected chi connectivity index (χ0v) is 10.6. The molecule has 0 bridgehead atoms. The summed E-state index contributed by atoms with van der Waals surface area (Å²) in [5.41, 5.74) is -0.195. The maximum absolute atomic E-state index is 13.0. The van der Waals surface area contributed by atoms with E-state index in [0.717, 1.165) is 12.1 Å². The predicted molar refractivity (Wildman–Crippen MR) is 64.6 cm³/mol. The van der Waals surface area contributed by atoms with Gasteiger partial charge in [0.15, 0.2) is 11.6 Å². The first kappa shape index (κ1) is 15.6. The Kier molecular flexibility index (Phi) is 5.15. The highest BCUT2D eigenvalue weighted by molar-refractivity contribution is 5.96. The molecule has 1 rings (SSSR count). The van der Waals surface area contributed by atoms with Gasteiger partial charge in [0.25, 0.3) is 5.91 Å². The normalized spacial score (nSPS) is 13.1. The summed E-state index contributed by atoms with van der Waals surface area (Å²) in [7, 11) is 0. The second-order valence-electron chi connectivity index (χ2n) is 4.26. The van der Waals surface area contributed by atoms with Crippen LogP contribution in [0.5, 0.6) is 0 Å². The SMILES string of the molecule is C[C@H](C#N)C[C@@H](NC(=O)c1ccc(F)c(F)c1)C(=O)O. The van der Waals surface area contributed by atoms with Crippen molar-refractivity contribution < 1.29 is 23.5 Å². The van der Waals surface area contributed by atoms with E-state index in [1.54, 1.807) is 0 Å². The summed E-state index contributed by atoms with van der Waals surface area (Å²) in [5, 5.41) is 19.8. The molecule has 0 aromatic heterocycles. The van der Waals surface area contributed by atoms with Crippen molar-refractivity contribution in [2.75, 3.05) is 0 Å². The number of benzene rings is 1. The van der Waals surface area contributed by atoms with E-state index < -0.39 is 35.5 Å². The molecule has 0 aliphatic heterocycles. The van der Waals surface area contributed by atoms with Crippen LogP contribution in [0.4, 0.5) is 8.78 Å². The van der Waals surface area contributed by atoms with Crippen molar-refractivity contribution in [3.05, 3.63) is 35.4 Å². The largest absolute Gasteiger partial charge is 0.480 e. The van der Waals surface area contributed by atoms with Gasteiger partial charge < -0.3 is 10.4 Å². The third-order valence-corrected chi connectivity index (χ3v) is 2.59. The summed E-state index contributed by atoms with van der Waals surface area (Å²) in [6, 6.07) is 3.08. The van der Waals surface area contributed by atoms with Gasteiger partial charge in [-0.25, -0.2) is 13.6 Å². The Morgan fingerprint density at radius 3 is 2.55 bits per heavy atom. The van der Waals surface area contributed by atoms with Gasteiger partial charge in [-0.1, -0.05) is 0 Å². The fraction of sp³-hybridized carbons (Fsp3) is 0.308. The molecule has 0 saturated heterocycles. The average Bonchev–Trinajstić information content (AvgIpc) is 2.40. The highest BCUT2D eigenvalue weighted by Crippen LogP contribution is 2.10. The van der Waals surface area contributed by atoms with Gasteiger partial charge in [0.2, 0.25) is 0 Å². The molecule has 2 N–H and O–H groups in total. The van der Waals surface area contributed by atoms with Gasteiger partial charge in [-0.3, -0.25) is 4.79 Å². The lowest BCUT2D eigenvalue weighted by atomic mass is 10.0. The number of carbonyl (C=O) groups is 2. The van der Waals surface area contributed by atoms with Crippen LogP contribution >= 0.6 is 0 Å². The smallest absolute Gasteiger partial charge is 0.326 e. The first-order valence-electron chi connectivity index (χ1n) is 5.73. The molecule has 20 heavy (non-hydrogen) atoms. The van der Waals surface area contributed by atoms with Crippen molar-refractivity contribution in [1.82, 2.24) is 5.32 Å². The molecule has 1 amide bonds. The van der Waals surface area contributed by atoms with Gasteiger partial charge in [0.1, 0.15) is 6.04 Å². The van der Waals surface area contributed by atoms with Crippen LogP contribution < -0.4 is 5.32 Å². The summed E-state index contributed by atoms with van der Waals surface area (Å²) in [4.78, 5) is 22.7. The number of nitriles is 1. The van der Waals surface area contributed by atoms with E-state index >= 15 is 0 Å². The van der Waals surface area contributed by atoms with E-state index in [9.17, 15) is 18.4 Å². The quantitative estimate of drug-likeness (QED) is 0.860. The van der Waals surface area contributed by atoms with Gasteiger partial charge in [-0.2, -0.15) is 5.26 Å². The van der Waals surface area contributed by atoms with E-state index in [0.29, 0.717) is 6.07 Å². The molecule has 0 aliphatic rings. The Hall–Kier alpha value is -2.49. The van der Waals surface area contributed by atoms with E-state index in [1.165, 1.54) is 6.92 Å². The highest BCUT2D eigenvalue weighted by Gasteiger charge is 2.23. The van der Waals surface area contributed by atoms with Crippen LogP contribution in [0.25, 0.3) is 0 Å². The monoisotopic (exact) mass is 282 g/mol. The van der Waals surface area contributed by atoms with Crippen LogP contribution in [-0.4, -0.2) is 23.0 Å². The maximum atomic E-state index is 13.0. The molecule has 1 aromatic carbocycles. The molecule has 0 unspecified atom stereocenters. The third-order valence-electron chi connectivity index (χ3n) is 2.59. The molecule has 5 nitrogen and oxygen atoms in total. The Morgan fingerprint density at radius 1 is 1.40 bits per heavy atom. The van der Waals surface area contributed by atoms with E-state index in [2.05, 4.69) is 5.32 Å². The fourth-order valence-electron chi connectivity index (χ4n) is 1.51. The van der Waals surface area contributed by atoms with Gasteiger partial charge in [0, 0.05) is 11.5 Å². The summed E-state index contributed by atoms with van der Waals surface area (Å²) in [5.74, 6) is -5.02. The zero-order valence-electron chi connectivity index (χ0n) is 10.6. The molecule has 0 heterocycles. The van der Waals surface area contributed by atoms with Crippen molar-refractivity contribution in [2.24, 2.45) is 5.92 Å². The minimum Gasteiger partial charge on any atom is -0.480 e. The lowest BCUT2D eigenvalue weighted by Crippen LogP contribution is -2.41. The van der Waals surface area contributed by atoms with Crippen molar-refractivity contribution in [3.8, 4) is 6.07 Å². The second-order valence-corrected chi connectivity index (χ2v) is 4.26. The number of carboxylic acid groups (broad SMARTS) is 1. The van der Waals surface area contributed by atoms with Crippen LogP contribution in [-0.2, 0) is 4.79 Å². The number of halogens is 2. The molecule has 2 atom stereocenters. The second kappa shape index (κ2) is 6.61. The van der Waals surface area contributed by atoms with E-state index in [4.69, 9.17) is 10.4 Å². The molecule has 0 saturated carbocycles. The molecule has 0 aliphatic carbocycles. The molecule has 1 aromatic rings. The lowest BCUT2D eigenvalue weighted by Gasteiger charge is -2.15. The van der Waals surface area contributed by atoms with Gasteiger partial charge in [0.05, 0.1) is 6.07 Å². The van der Waals surface area contributed by atoms with Crippen LogP contribution in [0, 0.1) is 28.9 Å². The predicted octanol–water partition coefficient (Wildman–Crippen LogP) is 1.70. The lowest BCUT2D eigenvalue weighted by molar-refractivity contribution is -0.139. The standard InChI is InChI=1S/C13H12F2N2O3/c1-7(6-16)4-11(13(19)20)17-12(18)8-2-3-9(14)10(15)5-8/h2-3,5,7,11H,4H2,1H3,(H,17,18)(H,19,20)/t7-,11+/m0/s1. The van der Waals surface area contributed by atoms with Crippen LogP contribution in [0.2, 0.25) is 0 Å². The third kappa shape index (κ3) is 4.02. The van der Waals surface area contributed by atoms with E-state index in [1.807, 2.05) is 6.07 Å². The number of nitrogens with zero attached hydrogens (tertiary/aromatic N) is 1. The van der Waals surface area contributed by atoms with Crippen molar-refractivity contribution in [3.63, 3.8) is 0 Å². The van der Waals surface area contributed by atoms with Gasteiger partial charge >= 0.3 is 5.97 Å². The van der Waals surface area contributed by atoms with Gasteiger partial charge in [-0.05, 0) is 31.5 Å². The Labute approximate surface area is 113 Å². The van der Waals surface area contributed by atoms with Crippen molar-refractivity contribution in [1.29, 1.82) is 5.26 Å². The Bertz CT molecular complexity index is 569. The summed E-state index contributed by atoms with van der Waals surface area (Å²) < 4.78 is 25.7. The molecular weight excluding hydrogens is 270 g/mol. The molecule has 7 heteroatoms. The summed E-state index contributed by atoms with van der Waals surface area (Å²) in [6.07, 6.45) is -0.0821. The first-order chi connectivity index (χ1) is 9.35. The van der Waals surface area contributed by atoms with Crippen LogP contribution in [0.15, 0.2) is 18.2 Å². The summed E-state index contributed by atoms with van der Waals surface area (Å²) >= 11 is 0. The fourth-order valence-corrected chi connectivity index (χ4v) is 1.51. The minimum atomic E-state index is -1.30. The van der Waals surface area contributed by atoms with Crippen molar-refractivity contribution in [2.45, 2.75) is 19.4 Å². The number of hydrogen-bond acceptors (Lipinski definition) is 3. The Balaban J connectivity index is 2.83. The Morgan fingerprint density at radius 2 is 2.05 bits per heavy atom. The molecule has 0 radical (unpaired) electrons. The van der Waals surface area contributed by atoms with Crippen molar-refractivity contribution >= 4 is 11.9 Å². The number of carbonyl (C=O) groups excluding carboxylic acids is 1. The molecule has 106 valence electrons. The molecule has 0 spiro atoms. The zero-order chi connectivity index (χ0) is 15.3. The number of aliphatic carboxylic acids is 1. The average molecular weight is 282 g/mol. The number of amides is 1. The number of carboxylic acids is 1. The number of rotatable bonds is 5. The number of nitrogens with one attached hydrogen (secondary N) is 1. The minimum absolute atomic E-state index is 0.0821. The van der Waals surface area contributed by atoms with E-state index in [-0.39, 0.29) is 12.0 Å². The molecular formula is C13H12F2N2O3. The first-order valence-corrected chi connectivity index (χ1v) is 5.73. The van der Waals surface area contributed by atoms with Crippen LogP contribution in [0.1, 0.15) is 23.7 Å². The topological polar surface area (TPSA) is 90.2 Å². The molecule has 0 fully saturated rings. The highest BCUT2D eigenvalue weighted by atomic mass is 19.2. The maximum Gasteiger partial charge on any atom is 0.326 e. The van der Waals surface area contributed by atoms with Crippen LogP contribution in [0.3, 0.4) is 0 Å². The van der Waals surface area contributed by atoms with Gasteiger partial charge in [-0.15, -0.1) is 0 Å². The summed E-state index contributed by atoms with van der Waals surface area (Å²) in [6.45, 7) is 1.51.